The Bertz CT molecular complexity index is 201. The maximum atomic E-state index is 5.11. The first-order chi connectivity index (χ1) is 4.47. The summed E-state index contributed by atoms with van der Waals surface area (Å²) in [4.78, 5) is 0. The molecule has 45 valence electrons. The number of fused-ring (bicyclic) bond motifs is 1. The van der Waals surface area contributed by atoms with Crippen molar-refractivity contribution in [3.05, 3.63) is 36.5 Å². The summed E-state index contributed by atoms with van der Waals surface area (Å²) in [5.74, 6) is 0.817. The van der Waals surface area contributed by atoms with E-state index in [0.29, 0.717) is 0 Å². The zero-order valence-electron chi connectivity index (χ0n) is 4.70. The summed E-state index contributed by atoms with van der Waals surface area (Å²) in [6.45, 7) is 0. The second-order valence-corrected chi connectivity index (χ2v) is 1.84. The fraction of sp³-hybridized carbons (Fsp3) is 0.143. The van der Waals surface area contributed by atoms with E-state index in [0.717, 1.165) is 5.76 Å². The Morgan fingerprint density at radius 3 is 3.44 bits per heavy atom. The third-order valence-electron chi connectivity index (χ3n) is 1.24. The predicted octanol–water partition coefficient (Wildman–Crippen LogP) is 1.13. The lowest BCUT2D eigenvalue weighted by molar-refractivity contribution is 0.172. The summed E-state index contributed by atoms with van der Waals surface area (Å²) in [7, 11) is 0. The van der Waals surface area contributed by atoms with Gasteiger partial charge in [-0.15, -0.1) is 0 Å². The largest absolute Gasteiger partial charge is 0.486 e. The van der Waals surface area contributed by atoms with E-state index in [1.165, 1.54) is 0 Å². The molecule has 0 aromatic rings. The standard InChI is InChI=1S/C7H5O2/c1-2-6-7(8-4-1)3-5-9-6/h1-4,7H. The topological polar surface area (TPSA) is 18.5 Å². The molecular weight excluding hydrogens is 116 g/mol. The Morgan fingerprint density at radius 1 is 1.56 bits per heavy atom. The molecular formula is C7H5O2. The van der Waals surface area contributed by atoms with Crippen LogP contribution in [0.5, 0.6) is 0 Å². The first-order valence-corrected chi connectivity index (χ1v) is 2.75. The van der Waals surface area contributed by atoms with E-state index in [-0.39, 0.29) is 6.10 Å². The highest BCUT2D eigenvalue weighted by atomic mass is 16.5. The number of hydrogen-bond donors (Lipinski definition) is 0. The molecule has 0 saturated carbocycles. The molecule has 0 amide bonds. The fourth-order valence-corrected chi connectivity index (χ4v) is 0.803. The van der Waals surface area contributed by atoms with Crippen molar-refractivity contribution >= 4 is 0 Å². The van der Waals surface area contributed by atoms with Gasteiger partial charge in [-0.3, -0.25) is 0 Å². The molecule has 9 heavy (non-hydrogen) atoms. The minimum atomic E-state index is -0.0185. The van der Waals surface area contributed by atoms with Crippen LogP contribution in [-0.2, 0) is 9.47 Å². The highest BCUT2D eigenvalue weighted by molar-refractivity contribution is 5.21. The predicted molar refractivity (Wildman–Crippen MR) is 31.0 cm³/mol. The van der Waals surface area contributed by atoms with Gasteiger partial charge in [0.15, 0.2) is 12.4 Å². The Morgan fingerprint density at radius 2 is 2.56 bits per heavy atom. The van der Waals surface area contributed by atoms with Gasteiger partial charge < -0.3 is 9.47 Å². The van der Waals surface area contributed by atoms with Crippen LogP contribution in [-0.4, -0.2) is 6.10 Å². The van der Waals surface area contributed by atoms with Gasteiger partial charge in [-0.05, 0) is 12.2 Å². The van der Waals surface area contributed by atoms with Crippen molar-refractivity contribution in [2.24, 2.45) is 0 Å². The monoisotopic (exact) mass is 121 g/mol. The summed E-state index contributed by atoms with van der Waals surface area (Å²) in [6.07, 6.45) is 9.64. The second kappa shape index (κ2) is 1.65. The van der Waals surface area contributed by atoms with Gasteiger partial charge in [-0.25, -0.2) is 0 Å². The quantitative estimate of drug-likeness (QED) is 0.478. The van der Waals surface area contributed by atoms with Crippen LogP contribution in [0.4, 0.5) is 0 Å². The first-order valence-electron chi connectivity index (χ1n) is 2.75. The van der Waals surface area contributed by atoms with Crippen LogP contribution in [0.2, 0.25) is 0 Å². The molecule has 0 bridgehead atoms. The molecule has 2 heterocycles. The van der Waals surface area contributed by atoms with Crippen LogP contribution < -0.4 is 0 Å². The number of hydrogen-bond acceptors (Lipinski definition) is 2. The maximum Gasteiger partial charge on any atom is 0.177 e. The molecule has 2 heteroatoms. The Kier molecular flexibility index (Phi) is 0.859. The average molecular weight is 121 g/mol. The summed E-state index contributed by atoms with van der Waals surface area (Å²) < 4.78 is 10.0. The normalized spacial score (nSPS) is 28.4. The van der Waals surface area contributed by atoms with Crippen molar-refractivity contribution in [1.29, 1.82) is 0 Å². The highest BCUT2D eigenvalue weighted by Gasteiger charge is 2.19. The fourth-order valence-electron chi connectivity index (χ4n) is 0.803. The summed E-state index contributed by atoms with van der Waals surface area (Å²) in [5.41, 5.74) is 0. The van der Waals surface area contributed by atoms with Gasteiger partial charge >= 0.3 is 0 Å². The van der Waals surface area contributed by atoms with Crippen molar-refractivity contribution < 1.29 is 9.47 Å². The highest BCUT2D eigenvalue weighted by Crippen LogP contribution is 2.19. The van der Waals surface area contributed by atoms with Crippen molar-refractivity contribution in [3.8, 4) is 0 Å². The van der Waals surface area contributed by atoms with Crippen molar-refractivity contribution in [2.45, 2.75) is 6.10 Å². The molecule has 1 radical (unpaired) electrons. The van der Waals surface area contributed by atoms with E-state index in [2.05, 4.69) is 6.26 Å². The van der Waals surface area contributed by atoms with Crippen LogP contribution >= 0.6 is 0 Å². The van der Waals surface area contributed by atoms with Gasteiger partial charge in [0.2, 0.25) is 0 Å². The van der Waals surface area contributed by atoms with Crippen LogP contribution in [0.1, 0.15) is 0 Å². The van der Waals surface area contributed by atoms with Gasteiger partial charge in [0.05, 0.1) is 6.26 Å². The Balaban J connectivity index is 2.29. The van der Waals surface area contributed by atoms with Crippen LogP contribution in [0.15, 0.2) is 30.2 Å². The molecule has 0 N–H and O–H groups in total. The first kappa shape index (κ1) is 4.68. The molecule has 2 nitrogen and oxygen atoms in total. The smallest absolute Gasteiger partial charge is 0.177 e. The van der Waals surface area contributed by atoms with E-state index in [4.69, 9.17) is 9.47 Å². The molecule has 0 fully saturated rings. The van der Waals surface area contributed by atoms with Crippen LogP contribution in [0, 0.1) is 6.26 Å². The van der Waals surface area contributed by atoms with Gasteiger partial charge in [0, 0.05) is 6.08 Å². The zero-order valence-corrected chi connectivity index (χ0v) is 4.70. The lowest BCUT2D eigenvalue weighted by Crippen LogP contribution is -2.08. The molecule has 2 aliphatic rings. The van der Waals surface area contributed by atoms with Crippen LogP contribution in [0.25, 0.3) is 0 Å². The van der Waals surface area contributed by atoms with E-state index in [9.17, 15) is 0 Å². The van der Waals surface area contributed by atoms with Crippen LogP contribution in [0.3, 0.4) is 0 Å². The Hall–Kier alpha value is -1.18. The number of rotatable bonds is 0. The minimum absolute atomic E-state index is 0.0185. The lowest BCUT2D eigenvalue weighted by atomic mass is 10.2. The lowest BCUT2D eigenvalue weighted by Gasteiger charge is -2.11. The summed E-state index contributed by atoms with van der Waals surface area (Å²) >= 11 is 0. The molecule has 2 rings (SSSR count). The summed E-state index contributed by atoms with van der Waals surface area (Å²) in [5, 5.41) is 0. The maximum absolute atomic E-state index is 5.11. The third-order valence-corrected chi connectivity index (χ3v) is 1.24. The van der Waals surface area contributed by atoms with Gasteiger partial charge in [0.25, 0.3) is 0 Å². The molecule has 1 atom stereocenters. The molecule has 0 aromatic carbocycles. The summed E-state index contributed by atoms with van der Waals surface area (Å²) in [6, 6.07) is 0. The van der Waals surface area contributed by atoms with Gasteiger partial charge in [-0.2, -0.15) is 0 Å². The minimum Gasteiger partial charge on any atom is -0.486 e. The van der Waals surface area contributed by atoms with Crippen molar-refractivity contribution in [1.82, 2.24) is 0 Å². The van der Waals surface area contributed by atoms with Crippen molar-refractivity contribution in [3.63, 3.8) is 0 Å². The van der Waals surface area contributed by atoms with Crippen molar-refractivity contribution in [2.75, 3.05) is 0 Å². The van der Waals surface area contributed by atoms with E-state index in [1.807, 2.05) is 6.08 Å². The number of ether oxygens (including phenoxy) is 2. The van der Waals surface area contributed by atoms with E-state index in [1.54, 1.807) is 18.4 Å². The third kappa shape index (κ3) is 0.633. The zero-order chi connectivity index (χ0) is 6.10. The van der Waals surface area contributed by atoms with Gasteiger partial charge in [-0.1, -0.05) is 0 Å². The molecule has 0 aromatic heterocycles. The molecule has 2 aliphatic heterocycles. The van der Waals surface area contributed by atoms with E-state index < -0.39 is 0 Å². The SMILES string of the molecule is [C]1=CC2OC=CC=C2O1. The van der Waals surface area contributed by atoms with E-state index >= 15 is 0 Å². The molecule has 1 unspecified atom stereocenters. The Labute approximate surface area is 53.1 Å². The second-order valence-electron chi connectivity index (χ2n) is 1.84. The molecule has 0 saturated heterocycles. The average Bonchev–Trinajstić information content (AvgIpc) is 2.33. The number of allylic oxidation sites excluding steroid dienone is 2. The van der Waals surface area contributed by atoms with Gasteiger partial charge in [0.1, 0.15) is 5.76 Å². The molecule has 0 aliphatic carbocycles. The molecule has 0 spiro atoms.